The number of halogens is 2. The van der Waals surface area contributed by atoms with Crippen LogP contribution in [0.2, 0.25) is 10.2 Å². The molecule has 0 radical (unpaired) electrons. The van der Waals surface area contributed by atoms with Gasteiger partial charge in [0, 0.05) is 12.8 Å². The molecule has 0 atom stereocenters. The molecule has 102 valence electrons. The number of carbonyl (C=O) groups excluding carboxylic acids is 2. The van der Waals surface area contributed by atoms with E-state index < -0.39 is 0 Å². The Kier molecular flexibility index (Phi) is 3.83. The van der Waals surface area contributed by atoms with Crippen LogP contribution in [-0.4, -0.2) is 21.7 Å². The van der Waals surface area contributed by atoms with Crippen LogP contribution in [0.25, 0.3) is 0 Å². The number of pyridine rings is 1. The van der Waals surface area contributed by atoms with Gasteiger partial charge < -0.3 is 0 Å². The Morgan fingerprint density at radius 1 is 1.21 bits per heavy atom. The predicted octanol–water partition coefficient (Wildman–Crippen LogP) is 3.06. The average molecular weight is 301 g/mol. The van der Waals surface area contributed by atoms with E-state index in [-0.39, 0.29) is 28.9 Å². The van der Waals surface area contributed by atoms with Crippen molar-refractivity contribution >= 4 is 35.0 Å². The minimum atomic E-state index is -0.282. The summed E-state index contributed by atoms with van der Waals surface area (Å²) in [5.41, 5.74) is 0.159. The first-order chi connectivity index (χ1) is 8.78. The number of hydrogen-bond acceptors (Lipinski definition) is 3. The first kappa shape index (κ1) is 14.3. The number of nitrogens with zero attached hydrogens (tertiary/aromatic N) is 2. The van der Waals surface area contributed by atoms with Gasteiger partial charge in [-0.15, -0.1) is 0 Å². The molecule has 2 amide bonds. The Bertz CT molecular complexity index is 523. The summed E-state index contributed by atoms with van der Waals surface area (Å²) in [6, 6.07) is 3.17. The van der Waals surface area contributed by atoms with Gasteiger partial charge >= 0.3 is 0 Å². The normalized spacial score (nSPS) is 18.8. The van der Waals surface area contributed by atoms with Gasteiger partial charge in [0.05, 0.1) is 17.3 Å². The molecule has 1 aromatic heterocycles. The molecule has 1 aliphatic heterocycles. The maximum atomic E-state index is 12.0. The highest BCUT2D eigenvalue weighted by Gasteiger charge is 2.37. The van der Waals surface area contributed by atoms with Gasteiger partial charge in [0.25, 0.3) is 0 Å². The number of rotatable bonds is 2. The van der Waals surface area contributed by atoms with Crippen molar-refractivity contribution in [2.45, 2.75) is 33.2 Å². The molecule has 1 saturated heterocycles. The molecule has 0 N–H and O–H groups in total. The number of aromatic nitrogens is 1. The summed E-state index contributed by atoms with van der Waals surface area (Å²) in [5.74, 6) is -0.391. The van der Waals surface area contributed by atoms with Gasteiger partial charge in [0.1, 0.15) is 5.15 Å². The first-order valence-electron chi connectivity index (χ1n) is 5.93. The summed E-state index contributed by atoms with van der Waals surface area (Å²) in [6.45, 7) is 3.89. The highest BCUT2D eigenvalue weighted by Crippen LogP contribution is 2.32. The fraction of sp³-hybridized carbons (Fsp3) is 0.462. The van der Waals surface area contributed by atoms with Crippen LogP contribution in [0, 0.1) is 5.41 Å². The second-order valence-corrected chi connectivity index (χ2v) is 6.25. The molecule has 2 heterocycles. The van der Waals surface area contributed by atoms with Crippen LogP contribution in [0.15, 0.2) is 12.1 Å². The van der Waals surface area contributed by atoms with Gasteiger partial charge in [0.2, 0.25) is 11.8 Å². The molecule has 0 bridgehead atoms. The van der Waals surface area contributed by atoms with Gasteiger partial charge in [-0.3, -0.25) is 14.5 Å². The van der Waals surface area contributed by atoms with E-state index in [9.17, 15) is 9.59 Å². The summed E-state index contributed by atoms with van der Waals surface area (Å²) < 4.78 is 0. The van der Waals surface area contributed by atoms with E-state index in [2.05, 4.69) is 4.98 Å². The Labute approximate surface area is 121 Å². The number of likely N-dealkylation sites (tertiary alicyclic amines) is 1. The van der Waals surface area contributed by atoms with Crippen LogP contribution in [0.5, 0.6) is 0 Å². The summed E-state index contributed by atoms with van der Waals surface area (Å²) >= 11 is 11.8. The second-order valence-electron chi connectivity index (χ2n) is 5.45. The lowest BCUT2D eigenvalue weighted by molar-refractivity contribution is -0.153. The maximum Gasteiger partial charge on any atom is 0.230 e. The minimum Gasteiger partial charge on any atom is -0.276 e. The van der Waals surface area contributed by atoms with Crippen molar-refractivity contribution in [2.75, 3.05) is 0 Å². The molecule has 2 rings (SSSR count). The largest absolute Gasteiger partial charge is 0.276 e. The molecule has 4 nitrogen and oxygen atoms in total. The predicted molar refractivity (Wildman–Crippen MR) is 72.8 cm³/mol. The van der Waals surface area contributed by atoms with Crippen LogP contribution in [0.4, 0.5) is 0 Å². The monoisotopic (exact) mass is 300 g/mol. The lowest BCUT2D eigenvalue weighted by Gasteiger charge is -2.34. The third kappa shape index (κ3) is 3.25. The molecule has 19 heavy (non-hydrogen) atoms. The van der Waals surface area contributed by atoms with Gasteiger partial charge in [-0.25, -0.2) is 4.98 Å². The van der Waals surface area contributed by atoms with E-state index in [1.54, 1.807) is 12.1 Å². The van der Waals surface area contributed by atoms with Gasteiger partial charge in [-0.05, 0) is 17.5 Å². The van der Waals surface area contributed by atoms with Crippen molar-refractivity contribution in [2.24, 2.45) is 5.41 Å². The SMILES string of the molecule is CC1(C)CC(=O)N(Cc2nc(Cl)ccc2Cl)C(=O)C1. The van der Waals surface area contributed by atoms with E-state index in [0.717, 1.165) is 0 Å². The Balaban J connectivity index is 2.21. The highest BCUT2D eigenvalue weighted by atomic mass is 35.5. The molecular weight excluding hydrogens is 287 g/mol. The van der Waals surface area contributed by atoms with Crippen LogP contribution in [0.1, 0.15) is 32.4 Å². The number of amides is 2. The third-order valence-corrected chi connectivity index (χ3v) is 3.61. The Morgan fingerprint density at radius 2 is 1.79 bits per heavy atom. The smallest absolute Gasteiger partial charge is 0.230 e. The highest BCUT2D eigenvalue weighted by molar-refractivity contribution is 6.32. The van der Waals surface area contributed by atoms with Crippen molar-refractivity contribution < 1.29 is 9.59 Å². The molecule has 1 aromatic rings. The molecule has 6 heteroatoms. The standard InChI is InChI=1S/C13H14Cl2N2O2/c1-13(2)5-11(18)17(12(19)6-13)7-9-8(14)3-4-10(15)16-9/h3-4H,5-7H2,1-2H3. The molecule has 0 unspecified atom stereocenters. The van der Waals surface area contributed by atoms with E-state index in [4.69, 9.17) is 23.2 Å². The van der Waals surface area contributed by atoms with Crippen molar-refractivity contribution in [1.82, 2.24) is 9.88 Å². The molecule has 0 aliphatic carbocycles. The zero-order chi connectivity index (χ0) is 14.2. The van der Waals surface area contributed by atoms with E-state index in [0.29, 0.717) is 23.6 Å². The Hall–Kier alpha value is -1.13. The van der Waals surface area contributed by atoms with Crippen LogP contribution >= 0.6 is 23.2 Å². The van der Waals surface area contributed by atoms with Crippen molar-refractivity contribution in [3.05, 3.63) is 28.0 Å². The molecular formula is C13H14Cl2N2O2. The summed E-state index contributed by atoms with van der Waals surface area (Å²) in [4.78, 5) is 29.3. The molecule has 0 spiro atoms. The van der Waals surface area contributed by atoms with E-state index >= 15 is 0 Å². The topological polar surface area (TPSA) is 50.3 Å². The summed E-state index contributed by atoms with van der Waals surface area (Å²) in [5, 5.41) is 0.687. The van der Waals surface area contributed by atoms with Crippen LogP contribution < -0.4 is 0 Å². The summed E-state index contributed by atoms with van der Waals surface area (Å²) in [6.07, 6.45) is 0.688. The third-order valence-electron chi connectivity index (χ3n) is 3.05. The van der Waals surface area contributed by atoms with E-state index in [1.807, 2.05) is 13.8 Å². The molecule has 1 fully saturated rings. The Morgan fingerprint density at radius 3 is 2.37 bits per heavy atom. The quantitative estimate of drug-likeness (QED) is 0.623. The van der Waals surface area contributed by atoms with Gasteiger partial charge in [-0.2, -0.15) is 0 Å². The van der Waals surface area contributed by atoms with Crippen LogP contribution in [0.3, 0.4) is 0 Å². The molecule has 0 aromatic carbocycles. The van der Waals surface area contributed by atoms with Crippen LogP contribution in [-0.2, 0) is 16.1 Å². The van der Waals surface area contributed by atoms with Gasteiger partial charge in [-0.1, -0.05) is 37.0 Å². The fourth-order valence-corrected chi connectivity index (χ4v) is 2.44. The number of hydrogen-bond donors (Lipinski definition) is 0. The van der Waals surface area contributed by atoms with Crippen molar-refractivity contribution in [3.63, 3.8) is 0 Å². The van der Waals surface area contributed by atoms with Gasteiger partial charge in [0.15, 0.2) is 0 Å². The zero-order valence-electron chi connectivity index (χ0n) is 10.7. The first-order valence-corrected chi connectivity index (χ1v) is 6.68. The zero-order valence-corrected chi connectivity index (χ0v) is 12.3. The molecule has 0 saturated carbocycles. The average Bonchev–Trinajstić information content (AvgIpc) is 2.26. The lowest BCUT2D eigenvalue weighted by Crippen LogP contribution is -2.45. The fourth-order valence-electron chi connectivity index (χ4n) is 2.11. The number of carbonyl (C=O) groups is 2. The van der Waals surface area contributed by atoms with E-state index in [1.165, 1.54) is 4.90 Å². The van der Waals surface area contributed by atoms with Crippen molar-refractivity contribution in [3.8, 4) is 0 Å². The lowest BCUT2D eigenvalue weighted by atomic mass is 9.82. The maximum absolute atomic E-state index is 12.0. The number of piperidine rings is 1. The summed E-state index contributed by atoms with van der Waals surface area (Å²) in [7, 11) is 0. The number of imide groups is 1. The minimum absolute atomic E-state index is 0.0765. The molecule has 1 aliphatic rings. The second kappa shape index (κ2) is 5.10. The van der Waals surface area contributed by atoms with Crippen molar-refractivity contribution in [1.29, 1.82) is 0 Å².